The fourth-order valence-electron chi connectivity index (χ4n) is 2.21. The number of hydrogen-bond donors (Lipinski definition) is 2. The van der Waals surface area contributed by atoms with Gasteiger partial charge in [0.25, 0.3) is 0 Å². The Morgan fingerprint density at radius 2 is 2.18 bits per heavy atom. The first-order valence-corrected chi connectivity index (χ1v) is 7.22. The predicted octanol–water partition coefficient (Wildman–Crippen LogP) is 1.20. The third-order valence-electron chi connectivity index (χ3n) is 3.34. The molecule has 2 amide bonds. The molecule has 1 aromatic carbocycles. The topological polar surface area (TPSA) is 88.9 Å². The molecule has 1 saturated heterocycles. The lowest BCUT2D eigenvalue weighted by Gasteiger charge is -2.07. The lowest BCUT2D eigenvalue weighted by Crippen LogP contribution is -2.37. The minimum absolute atomic E-state index is 0.110. The summed E-state index contributed by atoms with van der Waals surface area (Å²) in [5.74, 6) is -0.184. The number of nitrogens with one attached hydrogen (secondary N) is 2. The number of rotatable bonds is 4. The van der Waals surface area contributed by atoms with Gasteiger partial charge in [-0.15, -0.1) is 5.10 Å². The molecule has 2 aromatic rings. The molecule has 22 heavy (non-hydrogen) atoms. The number of hydrogen-bond acceptors (Lipinski definition) is 4. The second-order valence-electron chi connectivity index (χ2n) is 5.04. The molecular weight excluding hydrogens is 306 g/mol. The van der Waals surface area contributed by atoms with Crippen LogP contribution >= 0.6 is 11.6 Å². The lowest BCUT2D eigenvalue weighted by molar-refractivity contribution is -0.122. The molecule has 8 heteroatoms. The van der Waals surface area contributed by atoms with E-state index in [0.29, 0.717) is 24.4 Å². The summed E-state index contributed by atoms with van der Waals surface area (Å²) in [7, 11) is 0. The maximum Gasteiger partial charge on any atom is 0.249 e. The van der Waals surface area contributed by atoms with Crippen LogP contribution in [-0.4, -0.2) is 32.6 Å². The molecular formula is C14H14ClN5O2. The van der Waals surface area contributed by atoms with Crippen LogP contribution in [-0.2, 0) is 16.1 Å². The van der Waals surface area contributed by atoms with Crippen molar-refractivity contribution in [2.24, 2.45) is 0 Å². The molecule has 1 atom stereocenters. The van der Waals surface area contributed by atoms with Gasteiger partial charge in [-0.1, -0.05) is 23.7 Å². The minimum atomic E-state index is -0.504. The van der Waals surface area contributed by atoms with E-state index in [9.17, 15) is 9.59 Å². The molecule has 0 radical (unpaired) electrons. The van der Waals surface area contributed by atoms with E-state index in [1.165, 1.54) is 6.33 Å². The number of amides is 2. The van der Waals surface area contributed by atoms with E-state index in [0.717, 1.165) is 5.56 Å². The van der Waals surface area contributed by atoms with Crippen LogP contribution in [0.15, 0.2) is 30.6 Å². The lowest BCUT2D eigenvalue weighted by atomic mass is 10.2. The number of aromatic nitrogens is 3. The quantitative estimate of drug-likeness (QED) is 0.886. The molecule has 2 N–H and O–H groups in total. The zero-order valence-corrected chi connectivity index (χ0v) is 12.4. The highest BCUT2D eigenvalue weighted by molar-refractivity contribution is 6.30. The van der Waals surface area contributed by atoms with E-state index in [1.807, 2.05) is 12.1 Å². The molecule has 7 nitrogen and oxygen atoms in total. The summed E-state index contributed by atoms with van der Waals surface area (Å²) >= 11 is 5.84. The zero-order chi connectivity index (χ0) is 15.5. The smallest absolute Gasteiger partial charge is 0.249 e. The monoisotopic (exact) mass is 319 g/mol. The standard InChI is InChI=1S/C14H14ClN5O2/c15-10-3-1-9(2-4-10)7-20-8-16-14(19-20)18-13(22)11-5-6-12(21)17-11/h1-4,8,11H,5-7H2,(H,17,21)(H,18,19,22)/t11-/m0/s1. The second kappa shape index (κ2) is 6.15. The van der Waals surface area contributed by atoms with Gasteiger partial charge in [0, 0.05) is 11.4 Å². The van der Waals surface area contributed by atoms with E-state index in [1.54, 1.807) is 16.8 Å². The summed E-state index contributed by atoms with van der Waals surface area (Å²) in [4.78, 5) is 27.1. The Labute approximate surface area is 131 Å². The fourth-order valence-corrected chi connectivity index (χ4v) is 2.34. The molecule has 1 aromatic heterocycles. The number of halogens is 1. The Morgan fingerprint density at radius 1 is 1.41 bits per heavy atom. The Balaban J connectivity index is 1.60. The normalized spacial score (nSPS) is 17.3. The van der Waals surface area contributed by atoms with Crippen molar-refractivity contribution in [3.8, 4) is 0 Å². The number of carbonyl (C=O) groups excluding carboxylic acids is 2. The highest BCUT2D eigenvalue weighted by Crippen LogP contribution is 2.11. The average Bonchev–Trinajstić information content (AvgIpc) is 3.11. The van der Waals surface area contributed by atoms with E-state index in [-0.39, 0.29) is 17.8 Å². The van der Waals surface area contributed by atoms with Crippen molar-refractivity contribution in [2.75, 3.05) is 5.32 Å². The fraction of sp³-hybridized carbons (Fsp3) is 0.286. The Bertz CT molecular complexity index is 698. The van der Waals surface area contributed by atoms with E-state index >= 15 is 0 Å². The van der Waals surface area contributed by atoms with Gasteiger partial charge in [0.1, 0.15) is 12.4 Å². The summed E-state index contributed by atoms with van der Waals surface area (Å²) in [6.07, 6.45) is 2.41. The molecule has 0 aliphatic carbocycles. The Hall–Kier alpha value is -2.41. The van der Waals surface area contributed by atoms with Crippen molar-refractivity contribution >= 4 is 29.4 Å². The van der Waals surface area contributed by atoms with Crippen LogP contribution in [0.1, 0.15) is 18.4 Å². The van der Waals surface area contributed by atoms with Crippen molar-refractivity contribution in [2.45, 2.75) is 25.4 Å². The maximum atomic E-state index is 11.9. The zero-order valence-electron chi connectivity index (χ0n) is 11.6. The Kier molecular flexibility index (Phi) is 4.06. The van der Waals surface area contributed by atoms with Gasteiger partial charge in [0.05, 0.1) is 6.54 Å². The van der Waals surface area contributed by atoms with Crippen molar-refractivity contribution in [1.29, 1.82) is 0 Å². The molecule has 1 aliphatic rings. The van der Waals surface area contributed by atoms with E-state index < -0.39 is 6.04 Å². The summed E-state index contributed by atoms with van der Waals surface area (Å²) in [5.41, 5.74) is 1.02. The average molecular weight is 320 g/mol. The molecule has 1 fully saturated rings. The first-order chi connectivity index (χ1) is 10.6. The van der Waals surface area contributed by atoms with Gasteiger partial charge in [-0.3, -0.25) is 14.9 Å². The van der Waals surface area contributed by atoms with Crippen molar-refractivity contribution in [3.63, 3.8) is 0 Å². The number of anilines is 1. The van der Waals surface area contributed by atoms with Crippen LogP contribution in [0.5, 0.6) is 0 Å². The number of benzene rings is 1. The van der Waals surface area contributed by atoms with Gasteiger partial charge in [-0.05, 0) is 24.1 Å². The largest absolute Gasteiger partial charge is 0.344 e. The van der Waals surface area contributed by atoms with Crippen LogP contribution in [0, 0.1) is 0 Å². The molecule has 0 spiro atoms. The molecule has 0 bridgehead atoms. The van der Waals surface area contributed by atoms with Crippen LogP contribution in [0.2, 0.25) is 5.02 Å². The third kappa shape index (κ3) is 3.43. The van der Waals surface area contributed by atoms with Gasteiger partial charge in [-0.2, -0.15) is 0 Å². The summed E-state index contributed by atoms with van der Waals surface area (Å²) < 4.78 is 1.62. The van der Waals surface area contributed by atoms with E-state index in [4.69, 9.17) is 11.6 Å². The molecule has 0 saturated carbocycles. The Morgan fingerprint density at radius 3 is 2.86 bits per heavy atom. The van der Waals surface area contributed by atoms with Gasteiger partial charge >= 0.3 is 0 Å². The molecule has 3 rings (SSSR count). The summed E-state index contributed by atoms with van der Waals surface area (Å²) in [6.45, 7) is 0.528. The third-order valence-corrected chi connectivity index (χ3v) is 3.59. The molecule has 0 unspecified atom stereocenters. The highest BCUT2D eigenvalue weighted by atomic mass is 35.5. The SMILES string of the molecule is O=C1CC[C@@H](C(=O)Nc2ncn(Cc3ccc(Cl)cc3)n2)N1. The van der Waals surface area contributed by atoms with Crippen LogP contribution in [0.4, 0.5) is 5.95 Å². The number of carbonyl (C=O) groups is 2. The van der Waals surface area contributed by atoms with Gasteiger partial charge in [0.15, 0.2) is 0 Å². The van der Waals surface area contributed by atoms with Crippen molar-refractivity contribution in [1.82, 2.24) is 20.1 Å². The first-order valence-electron chi connectivity index (χ1n) is 6.84. The minimum Gasteiger partial charge on any atom is -0.344 e. The van der Waals surface area contributed by atoms with E-state index in [2.05, 4.69) is 20.7 Å². The number of nitrogens with zero attached hydrogens (tertiary/aromatic N) is 3. The van der Waals surface area contributed by atoms with Crippen molar-refractivity contribution < 1.29 is 9.59 Å². The van der Waals surface area contributed by atoms with Crippen molar-refractivity contribution in [3.05, 3.63) is 41.2 Å². The second-order valence-corrected chi connectivity index (χ2v) is 5.48. The molecule has 1 aliphatic heterocycles. The van der Waals surface area contributed by atoms with Gasteiger partial charge in [-0.25, -0.2) is 9.67 Å². The highest BCUT2D eigenvalue weighted by Gasteiger charge is 2.27. The van der Waals surface area contributed by atoms with Gasteiger partial charge in [0.2, 0.25) is 17.8 Å². The van der Waals surface area contributed by atoms with Crippen LogP contribution in [0.25, 0.3) is 0 Å². The molecule has 2 heterocycles. The van der Waals surface area contributed by atoms with Gasteiger partial charge < -0.3 is 5.32 Å². The van der Waals surface area contributed by atoms with Crippen LogP contribution < -0.4 is 10.6 Å². The predicted molar refractivity (Wildman–Crippen MR) is 80.4 cm³/mol. The maximum absolute atomic E-state index is 11.9. The summed E-state index contributed by atoms with van der Waals surface area (Å²) in [6, 6.07) is 6.90. The first kappa shape index (κ1) is 14.5. The molecule has 114 valence electrons. The van der Waals surface area contributed by atoms with Crippen LogP contribution in [0.3, 0.4) is 0 Å². The summed E-state index contributed by atoms with van der Waals surface area (Å²) in [5, 5.41) is 10.1.